The van der Waals surface area contributed by atoms with Crippen LogP contribution in [-0.4, -0.2) is 63.8 Å². The number of anilines is 1. The number of aromatic nitrogens is 4. The number of nitrogens with zero attached hydrogens (tertiary/aromatic N) is 6. The van der Waals surface area contributed by atoms with Crippen molar-refractivity contribution < 1.29 is 0 Å². The van der Waals surface area contributed by atoms with Gasteiger partial charge in [0.25, 0.3) is 0 Å². The molecule has 1 saturated heterocycles. The van der Waals surface area contributed by atoms with E-state index in [2.05, 4.69) is 72.0 Å². The van der Waals surface area contributed by atoms with Gasteiger partial charge in [0.2, 0.25) is 0 Å². The van der Waals surface area contributed by atoms with Gasteiger partial charge in [0.05, 0.1) is 11.6 Å². The zero-order chi connectivity index (χ0) is 20.8. The Labute approximate surface area is 199 Å². The lowest BCUT2D eigenvalue weighted by molar-refractivity contribution is 0.376. The van der Waals surface area contributed by atoms with Crippen molar-refractivity contribution in [2.45, 2.75) is 12.8 Å². The third-order valence-corrected chi connectivity index (χ3v) is 5.32. The lowest BCUT2D eigenvalue weighted by Gasteiger charge is -2.31. The number of aliphatic imine (C=N–C) groups is 1. The lowest BCUT2D eigenvalue weighted by Crippen LogP contribution is -2.45. The number of hydrogen-bond donors (Lipinski definition) is 2. The Morgan fingerprint density at radius 2 is 1.90 bits per heavy atom. The summed E-state index contributed by atoms with van der Waals surface area (Å²) in [5.41, 5.74) is 3.60. The number of likely N-dealkylation sites (tertiary alicyclic amines) is 1. The highest BCUT2D eigenvalue weighted by molar-refractivity contribution is 14.0. The minimum Gasteiger partial charge on any atom is -0.368 e. The van der Waals surface area contributed by atoms with E-state index in [4.69, 9.17) is 0 Å². The minimum absolute atomic E-state index is 0. The van der Waals surface area contributed by atoms with Crippen molar-refractivity contribution in [3.8, 4) is 0 Å². The van der Waals surface area contributed by atoms with Gasteiger partial charge in [0.1, 0.15) is 12.1 Å². The Balaban J connectivity index is 0.00000272. The van der Waals surface area contributed by atoms with E-state index in [0.717, 1.165) is 61.8 Å². The smallest absolute Gasteiger partial charge is 0.193 e. The van der Waals surface area contributed by atoms with Gasteiger partial charge in [-0.1, -0.05) is 42.0 Å². The van der Waals surface area contributed by atoms with Gasteiger partial charge in [-0.2, -0.15) is 5.10 Å². The van der Waals surface area contributed by atoms with Gasteiger partial charge < -0.3 is 15.5 Å². The molecular formula is C22H29IN8. The van der Waals surface area contributed by atoms with E-state index in [-0.39, 0.29) is 24.0 Å². The van der Waals surface area contributed by atoms with E-state index in [1.165, 1.54) is 11.1 Å². The van der Waals surface area contributed by atoms with Crippen LogP contribution in [0.25, 0.3) is 17.1 Å². The van der Waals surface area contributed by atoms with E-state index in [1.807, 2.05) is 14.1 Å². The zero-order valence-electron chi connectivity index (χ0n) is 18.0. The summed E-state index contributed by atoms with van der Waals surface area (Å²) in [5.74, 6) is 1.75. The first-order valence-electron chi connectivity index (χ1n) is 10.3. The molecule has 0 amide bonds. The summed E-state index contributed by atoms with van der Waals surface area (Å²) < 4.78 is 1.75. The minimum atomic E-state index is 0. The van der Waals surface area contributed by atoms with Crippen molar-refractivity contribution in [3.63, 3.8) is 0 Å². The maximum atomic E-state index is 4.46. The molecule has 0 spiro atoms. The van der Waals surface area contributed by atoms with Crippen LogP contribution in [0, 0.1) is 0 Å². The van der Waals surface area contributed by atoms with Crippen LogP contribution in [-0.2, 0) is 7.05 Å². The molecule has 1 aromatic carbocycles. The Morgan fingerprint density at radius 3 is 2.65 bits per heavy atom. The third kappa shape index (κ3) is 5.72. The Hall–Kier alpha value is -2.69. The van der Waals surface area contributed by atoms with Crippen LogP contribution >= 0.6 is 24.0 Å². The molecule has 0 aliphatic carbocycles. The molecule has 8 nitrogen and oxygen atoms in total. The molecule has 1 aliphatic rings. The first-order valence-corrected chi connectivity index (χ1v) is 10.3. The molecule has 0 unspecified atom stereocenters. The molecule has 164 valence electrons. The summed E-state index contributed by atoms with van der Waals surface area (Å²) in [6.45, 7) is 3.44. The molecular weight excluding hydrogens is 503 g/mol. The van der Waals surface area contributed by atoms with Crippen LogP contribution in [0.3, 0.4) is 0 Å². The van der Waals surface area contributed by atoms with Crippen LogP contribution in [0.1, 0.15) is 18.4 Å². The molecule has 9 heteroatoms. The number of benzene rings is 1. The molecule has 0 radical (unpaired) electrons. The molecule has 0 bridgehead atoms. The Kier molecular flexibility index (Phi) is 8.21. The quantitative estimate of drug-likeness (QED) is 0.228. The largest absolute Gasteiger partial charge is 0.368 e. The summed E-state index contributed by atoms with van der Waals surface area (Å²) in [6.07, 6.45) is 7.80. The van der Waals surface area contributed by atoms with Gasteiger partial charge in [0.15, 0.2) is 11.6 Å². The number of rotatable bonds is 5. The lowest BCUT2D eigenvalue weighted by atomic mass is 10.0. The van der Waals surface area contributed by atoms with E-state index >= 15 is 0 Å². The number of guanidine groups is 1. The topological polar surface area (TPSA) is 83.3 Å². The molecule has 3 aromatic rings. The Morgan fingerprint density at radius 1 is 1.13 bits per heavy atom. The van der Waals surface area contributed by atoms with Crippen molar-refractivity contribution >= 4 is 52.9 Å². The molecule has 2 aromatic heterocycles. The molecule has 2 N–H and O–H groups in total. The zero-order valence-corrected chi connectivity index (χ0v) is 20.3. The molecule has 4 rings (SSSR count). The highest BCUT2D eigenvalue weighted by Gasteiger charge is 2.17. The van der Waals surface area contributed by atoms with E-state index < -0.39 is 0 Å². The van der Waals surface area contributed by atoms with Crippen molar-refractivity contribution in [2.24, 2.45) is 12.0 Å². The van der Waals surface area contributed by atoms with E-state index in [0.29, 0.717) is 0 Å². The summed E-state index contributed by atoms with van der Waals surface area (Å²) in [7, 11) is 3.72. The number of hydrogen-bond acceptors (Lipinski definition) is 5. The average Bonchev–Trinajstić information content (AvgIpc) is 3.17. The molecule has 1 aliphatic heterocycles. The second kappa shape index (κ2) is 11.1. The van der Waals surface area contributed by atoms with Crippen LogP contribution in [0.2, 0.25) is 0 Å². The number of piperidine rings is 1. The highest BCUT2D eigenvalue weighted by Crippen LogP contribution is 2.20. The summed E-state index contributed by atoms with van der Waals surface area (Å²) in [5, 5.41) is 12.0. The number of fused-ring (bicyclic) bond motifs is 1. The van der Waals surface area contributed by atoms with Gasteiger partial charge in [-0.15, -0.1) is 24.0 Å². The number of nitrogens with one attached hydrogen (secondary N) is 2. The SMILES string of the molecule is CN=C(NCCNc1ncnc2c1cnn2C)N1CCC(=Cc2ccccc2)CC1.I. The number of halogens is 1. The maximum absolute atomic E-state index is 4.46. The van der Waals surface area contributed by atoms with E-state index in [9.17, 15) is 0 Å². The number of aryl methyl sites for hydroxylation is 1. The summed E-state index contributed by atoms with van der Waals surface area (Å²) in [4.78, 5) is 15.4. The monoisotopic (exact) mass is 532 g/mol. The predicted molar refractivity (Wildman–Crippen MR) is 137 cm³/mol. The van der Waals surface area contributed by atoms with Crippen molar-refractivity contribution in [1.82, 2.24) is 30.0 Å². The molecule has 0 saturated carbocycles. The van der Waals surface area contributed by atoms with Crippen LogP contribution in [0.5, 0.6) is 0 Å². The maximum Gasteiger partial charge on any atom is 0.193 e. The van der Waals surface area contributed by atoms with Crippen LogP contribution < -0.4 is 10.6 Å². The molecule has 31 heavy (non-hydrogen) atoms. The first-order chi connectivity index (χ1) is 14.7. The second-order valence-electron chi connectivity index (χ2n) is 7.33. The summed E-state index contributed by atoms with van der Waals surface area (Å²) in [6, 6.07) is 10.5. The average molecular weight is 532 g/mol. The summed E-state index contributed by atoms with van der Waals surface area (Å²) >= 11 is 0. The van der Waals surface area contributed by atoms with Crippen molar-refractivity contribution in [3.05, 3.63) is 54.0 Å². The predicted octanol–water partition coefficient (Wildman–Crippen LogP) is 3.15. The normalized spacial score (nSPS) is 14.3. The molecule has 3 heterocycles. The van der Waals surface area contributed by atoms with Gasteiger partial charge in [-0.05, 0) is 18.4 Å². The fraction of sp³-hybridized carbons (Fsp3) is 0.364. The second-order valence-corrected chi connectivity index (χ2v) is 7.33. The van der Waals surface area contributed by atoms with Gasteiger partial charge in [0, 0.05) is 40.3 Å². The van der Waals surface area contributed by atoms with Crippen molar-refractivity contribution in [1.29, 1.82) is 0 Å². The third-order valence-electron chi connectivity index (χ3n) is 5.32. The molecule has 0 atom stereocenters. The fourth-order valence-electron chi connectivity index (χ4n) is 3.73. The van der Waals surface area contributed by atoms with Gasteiger partial charge in [-0.3, -0.25) is 9.67 Å². The highest BCUT2D eigenvalue weighted by atomic mass is 127. The van der Waals surface area contributed by atoms with E-state index in [1.54, 1.807) is 17.2 Å². The van der Waals surface area contributed by atoms with Crippen LogP contribution in [0.4, 0.5) is 5.82 Å². The first kappa shape index (κ1) is 23.0. The standard InChI is InChI=1S/C22H28N8.HI/c1-23-22(30-12-8-18(9-13-30)14-17-6-4-3-5-7-17)25-11-10-24-20-19-15-28-29(2)21(19)27-16-26-20;/h3-7,14-16H,8-13H2,1-2H3,(H,23,25)(H,24,26,27);1H. The van der Waals surface area contributed by atoms with Gasteiger partial charge in [-0.25, -0.2) is 9.97 Å². The van der Waals surface area contributed by atoms with Crippen LogP contribution in [0.15, 0.2) is 53.4 Å². The Bertz CT molecular complexity index is 1030. The van der Waals surface area contributed by atoms with Gasteiger partial charge >= 0.3 is 0 Å². The van der Waals surface area contributed by atoms with Crippen molar-refractivity contribution in [2.75, 3.05) is 38.5 Å². The fourth-order valence-corrected chi connectivity index (χ4v) is 3.73. The molecule has 1 fully saturated rings.